The van der Waals surface area contributed by atoms with E-state index in [2.05, 4.69) is 77.2 Å². The molecule has 1 aliphatic carbocycles. The first-order valence-electron chi connectivity index (χ1n) is 9.29. The molecular formula is C24H28OSiZr. The summed E-state index contributed by atoms with van der Waals surface area (Å²) in [6, 6.07) is 16.5. The molecule has 0 spiro atoms. The molecule has 0 fully saturated rings. The van der Waals surface area contributed by atoms with Crippen LogP contribution in [-0.2, 0) is 23.3 Å². The maximum Gasteiger partial charge on any atom is 0.0899 e. The molecule has 0 N–H and O–H groups in total. The fourth-order valence-electron chi connectivity index (χ4n) is 2.96. The smallest absolute Gasteiger partial charge is 0.0899 e. The molecule has 1 aliphatic rings. The first-order chi connectivity index (χ1) is 12.8. The summed E-state index contributed by atoms with van der Waals surface area (Å²) in [5, 5.41) is 2.52. The van der Waals surface area contributed by atoms with E-state index in [0.29, 0.717) is 5.92 Å². The van der Waals surface area contributed by atoms with E-state index in [1.54, 1.807) is 29.6 Å². The summed E-state index contributed by atoms with van der Waals surface area (Å²) in [4.78, 5) is 0. The van der Waals surface area contributed by atoms with Gasteiger partial charge >= 0.3 is 41.9 Å². The maximum absolute atomic E-state index is 5.39. The van der Waals surface area contributed by atoms with E-state index in [4.69, 9.17) is 4.42 Å². The van der Waals surface area contributed by atoms with Crippen molar-refractivity contribution in [1.29, 1.82) is 0 Å². The summed E-state index contributed by atoms with van der Waals surface area (Å²) in [6.07, 6.45) is 5.06. The van der Waals surface area contributed by atoms with Crippen molar-refractivity contribution in [3.8, 4) is 11.3 Å². The fraction of sp³-hybridized carbons (Fsp3) is 0.292. The summed E-state index contributed by atoms with van der Waals surface area (Å²) in [5.74, 6) is 1.50. The Morgan fingerprint density at radius 1 is 1.07 bits per heavy atom. The third-order valence-electron chi connectivity index (χ3n) is 4.70. The van der Waals surface area contributed by atoms with Gasteiger partial charge in [0, 0.05) is 0 Å². The average molecular weight is 452 g/mol. The summed E-state index contributed by atoms with van der Waals surface area (Å²) >= 11 is 1.74. The third kappa shape index (κ3) is 6.09. The zero-order chi connectivity index (χ0) is 20.0. The Hall–Kier alpha value is -1.31. The Morgan fingerprint density at radius 2 is 1.74 bits per heavy atom. The van der Waals surface area contributed by atoms with E-state index in [9.17, 15) is 0 Å². The molecule has 0 saturated heterocycles. The minimum atomic E-state index is 0.210. The van der Waals surface area contributed by atoms with Crippen LogP contribution in [0.4, 0.5) is 0 Å². The molecule has 3 aromatic rings. The number of benzene rings is 1. The zero-order valence-electron chi connectivity index (χ0n) is 17.2. The predicted octanol–water partition coefficient (Wildman–Crippen LogP) is 7.32. The van der Waals surface area contributed by atoms with Crippen LogP contribution in [0.25, 0.3) is 22.1 Å². The summed E-state index contributed by atoms with van der Waals surface area (Å²) < 4.78 is 5.39. The van der Waals surface area contributed by atoms with Crippen LogP contribution < -0.4 is 0 Å². The number of allylic oxidation sites excluding steroid dienone is 4. The molecule has 1 heterocycles. The largest absolute Gasteiger partial charge is 0.475 e. The molecule has 3 heteroatoms. The van der Waals surface area contributed by atoms with Crippen LogP contribution in [0.2, 0.25) is 13.1 Å². The SMILES string of the molecule is CC1=[C-]C(C)C(C)=C1C.C[Si](C)=[Zr+2].c1coc(-c2c[cH-]c3ccccc23)c1. The summed E-state index contributed by atoms with van der Waals surface area (Å²) in [6.45, 7) is 13.3. The van der Waals surface area contributed by atoms with Gasteiger partial charge in [-0.15, -0.1) is 48.0 Å². The minimum Gasteiger partial charge on any atom is -0.475 e. The van der Waals surface area contributed by atoms with Gasteiger partial charge in [0.15, 0.2) is 0 Å². The maximum atomic E-state index is 5.39. The van der Waals surface area contributed by atoms with Crippen molar-refractivity contribution < 1.29 is 27.8 Å². The van der Waals surface area contributed by atoms with Gasteiger partial charge in [0.1, 0.15) is 0 Å². The molecule has 0 aliphatic heterocycles. The van der Waals surface area contributed by atoms with Crippen molar-refractivity contribution in [2.24, 2.45) is 5.92 Å². The number of fused-ring (bicyclic) bond motifs is 1. The van der Waals surface area contributed by atoms with Crippen LogP contribution in [0.15, 0.2) is 75.9 Å². The molecule has 4 rings (SSSR count). The van der Waals surface area contributed by atoms with Crippen molar-refractivity contribution in [2.75, 3.05) is 0 Å². The van der Waals surface area contributed by atoms with Gasteiger partial charge in [-0.25, -0.2) is 5.57 Å². The monoisotopic (exact) mass is 450 g/mol. The molecule has 0 bridgehead atoms. The van der Waals surface area contributed by atoms with E-state index >= 15 is 0 Å². The van der Waals surface area contributed by atoms with Crippen LogP contribution in [0, 0.1) is 12.0 Å². The third-order valence-corrected chi connectivity index (χ3v) is 4.70. The topological polar surface area (TPSA) is 13.1 Å². The van der Waals surface area contributed by atoms with E-state index in [0.717, 1.165) is 5.76 Å². The van der Waals surface area contributed by atoms with Crippen molar-refractivity contribution in [3.05, 3.63) is 77.6 Å². The van der Waals surface area contributed by atoms with E-state index < -0.39 is 0 Å². The van der Waals surface area contributed by atoms with Gasteiger partial charge in [-0.2, -0.15) is 11.1 Å². The average Bonchev–Trinajstić information content (AvgIpc) is 3.33. The van der Waals surface area contributed by atoms with Gasteiger partial charge < -0.3 is 4.42 Å². The summed E-state index contributed by atoms with van der Waals surface area (Å²) in [5.41, 5.74) is 5.63. The van der Waals surface area contributed by atoms with E-state index in [1.165, 1.54) is 33.1 Å². The van der Waals surface area contributed by atoms with Crippen molar-refractivity contribution in [1.82, 2.24) is 0 Å². The van der Waals surface area contributed by atoms with Crippen LogP contribution in [0.5, 0.6) is 0 Å². The number of hydrogen-bond donors (Lipinski definition) is 0. The molecule has 1 aromatic heterocycles. The Bertz CT molecular complexity index is 953. The zero-order valence-corrected chi connectivity index (χ0v) is 20.6. The minimum absolute atomic E-state index is 0.210. The molecule has 0 saturated carbocycles. The molecule has 138 valence electrons. The van der Waals surface area contributed by atoms with Crippen molar-refractivity contribution in [3.63, 3.8) is 0 Å². The normalized spacial score (nSPS) is 15.7. The Morgan fingerprint density at radius 3 is 2.22 bits per heavy atom. The van der Waals surface area contributed by atoms with Crippen LogP contribution in [-0.4, -0.2) is 5.43 Å². The Labute approximate surface area is 178 Å². The van der Waals surface area contributed by atoms with Crippen molar-refractivity contribution in [2.45, 2.75) is 40.8 Å². The Balaban J connectivity index is 0.000000174. The van der Waals surface area contributed by atoms with E-state index in [-0.39, 0.29) is 5.43 Å². The van der Waals surface area contributed by atoms with Gasteiger partial charge in [-0.3, -0.25) is 6.08 Å². The molecule has 0 amide bonds. The van der Waals surface area contributed by atoms with Gasteiger partial charge in [-0.05, 0) is 12.1 Å². The Kier molecular flexibility index (Phi) is 8.38. The molecule has 2 aromatic carbocycles. The van der Waals surface area contributed by atoms with Crippen LogP contribution in [0.3, 0.4) is 0 Å². The standard InChI is InChI=1S/C13H9O.C9H13.C2H6Si.Zr/c1-2-5-11-10(4-1)7-8-12(11)13-6-3-9-14-13;1-6-5-7(2)9(4)8(6)3;1-3-2;/h1-9H;6H,1-4H3;1-2H3;/q2*-1;;+2. The second-order valence-corrected chi connectivity index (χ2v) is 16.5. The van der Waals surface area contributed by atoms with Crippen LogP contribution in [0.1, 0.15) is 27.7 Å². The first kappa shape index (κ1) is 22.0. The molecule has 1 atom stereocenters. The number of hydrogen-bond acceptors (Lipinski definition) is 1. The molecule has 1 nitrogen and oxygen atoms in total. The van der Waals surface area contributed by atoms with Gasteiger partial charge in [0.2, 0.25) is 0 Å². The fourth-order valence-corrected chi connectivity index (χ4v) is 2.96. The number of furan rings is 1. The molecule has 1 unspecified atom stereocenters. The number of rotatable bonds is 1. The predicted molar refractivity (Wildman–Crippen MR) is 115 cm³/mol. The van der Waals surface area contributed by atoms with Crippen molar-refractivity contribution >= 4 is 16.2 Å². The molecular weight excluding hydrogens is 424 g/mol. The summed E-state index contributed by atoms with van der Waals surface area (Å²) in [7, 11) is 0. The molecule has 0 radical (unpaired) electrons. The van der Waals surface area contributed by atoms with Gasteiger partial charge in [-0.1, -0.05) is 38.3 Å². The molecule has 27 heavy (non-hydrogen) atoms. The first-order valence-corrected chi connectivity index (χ1v) is 15.5. The van der Waals surface area contributed by atoms with E-state index in [1.807, 2.05) is 18.2 Å². The van der Waals surface area contributed by atoms with Gasteiger partial charge in [0.05, 0.1) is 12.0 Å². The van der Waals surface area contributed by atoms with Crippen LogP contribution >= 0.6 is 0 Å². The van der Waals surface area contributed by atoms with Gasteiger partial charge in [0.25, 0.3) is 0 Å². The second kappa shape index (κ2) is 10.3. The quantitative estimate of drug-likeness (QED) is 0.279. The second-order valence-electron chi connectivity index (χ2n) is 7.11.